The second kappa shape index (κ2) is 8.17. The van der Waals surface area contributed by atoms with Crippen LogP contribution in [0.25, 0.3) is 0 Å². The number of hydrogen-bond acceptors (Lipinski definition) is 3. The topological polar surface area (TPSA) is 40.5 Å². The highest BCUT2D eigenvalue weighted by Crippen LogP contribution is 2.19. The molecular formula is C14H20FNO2S. The van der Waals surface area contributed by atoms with Crippen LogP contribution < -0.4 is 4.90 Å². The summed E-state index contributed by atoms with van der Waals surface area (Å²) in [6.07, 6.45) is 0.681. The molecule has 3 nitrogen and oxygen atoms in total. The van der Waals surface area contributed by atoms with Crippen LogP contribution in [0.15, 0.2) is 24.3 Å². The van der Waals surface area contributed by atoms with Crippen molar-refractivity contribution in [2.75, 3.05) is 23.8 Å². The van der Waals surface area contributed by atoms with E-state index in [9.17, 15) is 9.18 Å². The lowest BCUT2D eigenvalue weighted by Crippen LogP contribution is -2.32. The molecule has 0 aromatic heterocycles. The Balaban J connectivity index is 2.59. The average Bonchev–Trinajstić information content (AvgIpc) is 2.40. The molecule has 0 aliphatic carbocycles. The number of halogens is 1. The number of aliphatic hydroxyl groups excluding tert-OH is 1. The summed E-state index contributed by atoms with van der Waals surface area (Å²) < 4.78 is 12.9. The predicted molar refractivity (Wildman–Crippen MR) is 78.0 cm³/mol. The molecule has 0 bridgehead atoms. The second-order valence-electron chi connectivity index (χ2n) is 4.25. The summed E-state index contributed by atoms with van der Waals surface area (Å²) in [4.78, 5) is 13.8. The zero-order valence-corrected chi connectivity index (χ0v) is 12.1. The van der Waals surface area contributed by atoms with Gasteiger partial charge in [0.25, 0.3) is 0 Å². The van der Waals surface area contributed by atoms with Crippen LogP contribution in [0.5, 0.6) is 0 Å². The minimum atomic E-state index is -0.307. The van der Waals surface area contributed by atoms with Crippen molar-refractivity contribution in [3.63, 3.8) is 0 Å². The van der Waals surface area contributed by atoms with Gasteiger partial charge in [0.15, 0.2) is 0 Å². The normalized spacial score (nSPS) is 12.2. The van der Waals surface area contributed by atoms with Gasteiger partial charge in [0.1, 0.15) is 5.82 Å². The number of hydrogen-bond donors (Lipinski definition) is 1. The standard InChI is InChI=1S/C14H20FNO2S/c1-3-16(13-6-4-12(15)5-7-13)14(18)10-19-11(2)8-9-17/h4-7,11,17H,3,8-10H2,1-2H3. The Bertz CT molecular complexity index is 397. The zero-order valence-electron chi connectivity index (χ0n) is 11.3. The molecule has 106 valence electrons. The third-order valence-electron chi connectivity index (χ3n) is 2.78. The van der Waals surface area contributed by atoms with Crippen LogP contribution in [0.1, 0.15) is 20.3 Å². The van der Waals surface area contributed by atoms with Crippen LogP contribution in [-0.4, -0.2) is 35.2 Å². The number of aliphatic hydroxyl groups is 1. The van der Waals surface area contributed by atoms with E-state index < -0.39 is 0 Å². The lowest BCUT2D eigenvalue weighted by molar-refractivity contribution is -0.116. The third-order valence-corrected chi connectivity index (χ3v) is 4.00. The molecule has 0 saturated heterocycles. The summed E-state index contributed by atoms with van der Waals surface area (Å²) in [6, 6.07) is 5.93. The first-order chi connectivity index (χ1) is 9.08. The van der Waals surface area contributed by atoms with Gasteiger partial charge in [-0.1, -0.05) is 6.92 Å². The largest absolute Gasteiger partial charge is 0.396 e. The van der Waals surface area contributed by atoms with Gasteiger partial charge in [-0.15, -0.1) is 11.8 Å². The van der Waals surface area contributed by atoms with Crippen molar-refractivity contribution < 1.29 is 14.3 Å². The average molecular weight is 285 g/mol. The monoisotopic (exact) mass is 285 g/mol. The first-order valence-corrected chi connectivity index (χ1v) is 7.41. The van der Waals surface area contributed by atoms with Gasteiger partial charge in [-0.25, -0.2) is 4.39 Å². The Morgan fingerprint density at radius 1 is 1.42 bits per heavy atom. The van der Waals surface area contributed by atoms with Gasteiger partial charge >= 0.3 is 0 Å². The SMILES string of the molecule is CCN(C(=O)CSC(C)CCO)c1ccc(F)cc1. The van der Waals surface area contributed by atoms with Gasteiger partial charge in [0.2, 0.25) is 5.91 Å². The Labute approximate surface area is 117 Å². The molecule has 0 aliphatic heterocycles. The lowest BCUT2D eigenvalue weighted by atomic mass is 10.3. The number of thioether (sulfide) groups is 1. The fraction of sp³-hybridized carbons (Fsp3) is 0.500. The summed E-state index contributed by atoms with van der Waals surface area (Å²) in [5, 5.41) is 9.07. The number of carbonyl (C=O) groups excluding carboxylic acids is 1. The minimum Gasteiger partial charge on any atom is -0.396 e. The second-order valence-corrected chi connectivity index (χ2v) is 5.68. The van der Waals surface area contributed by atoms with E-state index in [1.54, 1.807) is 17.0 Å². The number of amides is 1. The van der Waals surface area contributed by atoms with Crippen LogP contribution in [0.4, 0.5) is 10.1 Å². The summed E-state index contributed by atoms with van der Waals surface area (Å²) in [6.45, 7) is 4.57. The van der Waals surface area contributed by atoms with Crippen molar-refractivity contribution in [3.8, 4) is 0 Å². The summed E-state index contributed by atoms with van der Waals surface area (Å²) in [5.74, 6) is 0.0638. The van der Waals surface area contributed by atoms with Crippen molar-refractivity contribution >= 4 is 23.4 Å². The van der Waals surface area contributed by atoms with Crippen LogP contribution in [-0.2, 0) is 4.79 Å². The molecule has 1 aromatic rings. The maximum Gasteiger partial charge on any atom is 0.236 e. The van der Waals surface area contributed by atoms with Crippen LogP contribution in [0.2, 0.25) is 0 Å². The lowest BCUT2D eigenvalue weighted by Gasteiger charge is -2.21. The van der Waals surface area contributed by atoms with E-state index in [4.69, 9.17) is 5.11 Å². The van der Waals surface area contributed by atoms with E-state index >= 15 is 0 Å². The Kier molecular flexibility index (Phi) is 6.87. The maximum absolute atomic E-state index is 12.9. The molecule has 1 amide bonds. The Hall–Kier alpha value is -1.07. The third kappa shape index (κ3) is 5.20. The van der Waals surface area contributed by atoms with Crippen molar-refractivity contribution in [1.29, 1.82) is 0 Å². The van der Waals surface area contributed by atoms with E-state index in [-0.39, 0.29) is 23.6 Å². The fourth-order valence-corrected chi connectivity index (χ4v) is 2.54. The number of benzene rings is 1. The van der Waals surface area contributed by atoms with Gasteiger partial charge in [-0.2, -0.15) is 0 Å². The fourth-order valence-electron chi connectivity index (χ4n) is 1.68. The Morgan fingerprint density at radius 3 is 2.58 bits per heavy atom. The van der Waals surface area contributed by atoms with Crippen LogP contribution >= 0.6 is 11.8 Å². The first kappa shape index (κ1) is 16.0. The number of rotatable bonds is 7. The summed E-state index contributed by atoms with van der Waals surface area (Å²) >= 11 is 1.53. The molecule has 1 unspecified atom stereocenters. The Morgan fingerprint density at radius 2 is 2.05 bits per heavy atom. The number of anilines is 1. The van der Waals surface area contributed by atoms with E-state index in [0.29, 0.717) is 24.4 Å². The molecule has 0 aliphatic rings. The molecule has 0 spiro atoms. The van der Waals surface area contributed by atoms with Crippen molar-refractivity contribution in [2.24, 2.45) is 0 Å². The van der Waals surface area contributed by atoms with Crippen molar-refractivity contribution in [2.45, 2.75) is 25.5 Å². The highest BCUT2D eigenvalue weighted by atomic mass is 32.2. The van der Waals surface area contributed by atoms with E-state index in [2.05, 4.69) is 0 Å². The smallest absolute Gasteiger partial charge is 0.236 e. The van der Waals surface area contributed by atoms with E-state index in [0.717, 1.165) is 0 Å². The molecule has 0 radical (unpaired) electrons. The molecule has 19 heavy (non-hydrogen) atoms. The number of nitrogens with zero attached hydrogens (tertiary/aromatic N) is 1. The zero-order chi connectivity index (χ0) is 14.3. The molecule has 1 rings (SSSR count). The van der Waals surface area contributed by atoms with E-state index in [1.165, 1.54) is 23.9 Å². The molecular weight excluding hydrogens is 265 g/mol. The summed E-state index contributed by atoms with van der Waals surface area (Å²) in [5.41, 5.74) is 0.712. The highest BCUT2D eigenvalue weighted by molar-refractivity contribution is 8.00. The molecule has 1 atom stereocenters. The van der Waals surface area contributed by atoms with Crippen molar-refractivity contribution in [1.82, 2.24) is 0 Å². The minimum absolute atomic E-state index is 0.00361. The van der Waals surface area contributed by atoms with Gasteiger partial charge in [0.05, 0.1) is 5.75 Å². The molecule has 5 heteroatoms. The predicted octanol–water partition coefficient (Wildman–Crippen LogP) is 2.68. The van der Waals surface area contributed by atoms with Crippen molar-refractivity contribution in [3.05, 3.63) is 30.1 Å². The molecule has 1 N–H and O–H groups in total. The molecule has 0 heterocycles. The van der Waals surface area contributed by atoms with Crippen LogP contribution in [0, 0.1) is 5.82 Å². The first-order valence-electron chi connectivity index (χ1n) is 6.36. The highest BCUT2D eigenvalue weighted by Gasteiger charge is 2.15. The molecule has 1 aromatic carbocycles. The van der Waals surface area contributed by atoms with Gasteiger partial charge < -0.3 is 10.0 Å². The quantitative estimate of drug-likeness (QED) is 0.837. The maximum atomic E-state index is 12.9. The molecule has 0 fully saturated rings. The number of carbonyl (C=O) groups is 1. The summed E-state index contributed by atoms with van der Waals surface area (Å²) in [7, 11) is 0. The van der Waals surface area contributed by atoms with Gasteiger partial charge in [-0.3, -0.25) is 4.79 Å². The van der Waals surface area contributed by atoms with Gasteiger partial charge in [-0.05, 0) is 37.6 Å². The van der Waals surface area contributed by atoms with Crippen LogP contribution in [0.3, 0.4) is 0 Å². The van der Waals surface area contributed by atoms with E-state index in [1.807, 2.05) is 13.8 Å². The van der Waals surface area contributed by atoms with Gasteiger partial charge in [0, 0.05) is 24.1 Å². The molecule has 0 saturated carbocycles.